The number of aliphatic hydroxyl groups excluding tert-OH is 3. The number of hydrogen-bond donors (Lipinski definition) is 4. The van der Waals surface area contributed by atoms with Gasteiger partial charge < -0.3 is 35.0 Å². The molecule has 1 saturated heterocycles. The Hall–Kier alpha value is -0.770. The molecule has 0 aliphatic carbocycles. The Kier molecular flexibility index (Phi) is 7.35. The minimum Gasteiger partial charge on any atom is -0.394 e. The molecule has 1 heterocycles. The molecule has 1 aliphatic rings. The number of hydrogen-bond acceptors (Lipinski definition) is 7. The van der Waals surface area contributed by atoms with Crippen molar-refractivity contribution in [3.63, 3.8) is 0 Å². The molecule has 1 fully saturated rings. The molecule has 0 saturated carbocycles. The monoisotopic (exact) mass is 292 g/mol. The van der Waals surface area contributed by atoms with Crippen LogP contribution in [0.4, 0.5) is 0 Å². The highest BCUT2D eigenvalue weighted by Gasteiger charge is 2.43. The second-order valence-electron chi connectivity index (χ2n) is 4.98. The van der Waals surface area contributed by atoms with Crippen molar-refractivity contribution in [2.75, 3.05) is 40.4 Å². The zero-order valence-electron chi connectivity index (χ0n) is 11.9. The maximum atomic E-state index is 11.5. The fraction of sp³-hybridized carbons (Fsp3) is 0.917. The molecule has 8 heteroatoms. The third-order valence-electron chi connectivity index (χ3n) is 3.01. The van der Waals surface area contributed by atoms with Gasteiger partial charge in [-0.1, -0.05) is 0 Å². The van der Waals surface area contributed by atoms with Gasteiger partial charge in [-0.2, -0.15) is 0 Å². The van der Waals surface area contributed by atoms with E-state index in [1.165, 1.54) is 0 Å². The molecule has 20 heavy (non-hydrogen) atoms. The van der Waals surface area contributed by atoms with Crippen molar-refractivity contribution in [1.29, 1.82) is 0 Å². The zero-order chi connectivity index (χ0) is 15.1. The van der Waals surface area contributed by atoms with Gasteiger partial charge in [0.25, 0.3) is 0 Å². The van der Waals surface area contributed by atoms with Crippen molar-refractivity contribution in [2.24, 2.45) is 0 Å². The summed E-state index contributed by atoms with van der Waals surface area (Å²) in [7, 11) is 3.82. The summed E-state index contributed by atoms with van der Waals surface area (Å²) in [4.78, 5) is 13.4. The SMILES string of the molecule is CN(C)CCNC(=O)CCOC1C(O)OC(CO)C1O. The molecule has 0 spiro atoms. The Balaban J connectivity index is 2.18. The van der Waals surface area contributed by atoms with E-state index in [0.29, 0.717) is 6.54 Å². The van der Waals surface area contributed by atoms with Crippen LogP contribution in [0.2, 0.25) is 0 Å². The third-order valence-corrected chi connectivity index (χ3v) is 3.01. The van der Waals surface area contributed by atoms with Gasteiger partial charge in [0.15, 0.2) is 6.29 Å². The maximum Gasteiger partial charge on any atom is 0.222 e. The molecule has 0 radical (unpaired) electrons. The lowest BCUT2D eigenvalue weighted by atomic mass is 10.1. The van der Waals surface area contributed by atoms with Crippen molar-refractivity contribution in [2.45, 2.75) is 31.0 Å². The first kappa shape index (κ1) is 17.3. The molecule has 1 amide bonds. The molecule has 0 bridgehead atoms. The molecule has 0 aromatic carbocycles. The predicted octanol–water partition coefficient (Wildman–Crippen LogP) is -2.49. The van der Waals surface area contributed by atoms with E-state index in [1.807, 2.05) is 19.0 Å². The van der Waals surface area contributed by atoms with Crippen LogP contribution < -0.4 is 5.32 Å². The normalized spacial score (nSPS) is 29.9. The van der Waals surface area contributed by atoms with E-state index in [-0.39, 0.29) is 18.9 Å². The van der Waals surface area contributed by atoms with Gasteiger partial charge >= 0.3 is 0 Å². The molecule has 0 aromatic rings. The van der Waals surface area contributed by atoms with E-state index in [2.05, 4.69) is 5.32 Å². The van der Waals surface area contributed by atoms with Crippen LogP contribution in [0.25, 0.3) is 0 Å². The van der Waals surface area contributed by atoms with Gasteiger partial charge in [0.05, 0.1) is 13.2 Å². The number of carbonyl (C=O) groups is 1. The number of likely N-dealkylation sites (N-methyl/N-ethyl adjacent to an activating group) is 1. The lowest BCUT2D eigenvalue weighted by Gasteiger charge is -2.17. The summed E-state index contributed by atoms with van der Waals surface area (Å²) in [6.45, 7) is 0.964. The van der Waals surface area contributed by atoms with Crippen LogP contribution in [0, 0.1) is 0 Å². The summed E-state index contributed by atoms with van der Waals surface area (Å²) in [5.41, 5.74) is 0. The number of rotatable bonds is 8. The fourth-order valence-electron chi connectivity index (χ4n) is 1.84. The average molecular weight is 292 g/mol. The summed E-state index contributed by atoms with van der Waals surface area (Å²) in [6.07, 6.45) is -4.07. The summed E-state index contributed by atoms with van der Waals surface area (Å²) in [5.74, 6) is -0.159. The fourth-order valence-corrected chi connectivity index (χ4v) is 1.84. The number of carbonyl (C=O) groups excluding carboxylic acids is 1. The van der Waals surface area contributed by atoms with Crippen LogP contribution in [0.3, 0.4) is 0 Å². The number of amides is 1. The van der Waals surface area contributed by atoms with Crippen LogP contribution in [0.5, 0.6) is 0 Å². The lowest BCUT2D eigenvalue weighted by Crippen LogP contribution is -2.37. The molecular formula is C12H24N2O6. The standard InChI is InChI=1S/C12H24N2O6/c1-14(2)5-4-13-9(16)3-6-19-11-10(17)8(7-15)20-12(11)18/h8,10-12,15,17-18H,3-7H2,1-2H3,(H,13,16). The molecular weight excluding hydrogens is 268 g/mol. The van der Waals surface area contributed by atoms with Gasteiger partial charge in [0, 0.05) is 19.5 Å². The first-order chi connectivity index (χ1) is 9.45. The largest absolute Gasteiger partial charge is 0.394 e. The van der Waals surface area contributed by atoms with E-state index >= 15 is 0 Å². The Morgan fingerprint density at radius 3 is 2.65 bits per heavy atom. The summed E-state index contributed by atoms with van der Waals surface area (Å²) >= 11 is 0. The Bertz CT molecular complexity index is 302. The van der Waals surface area contributed by atoms with Crippen molar-refractivity contribution in [3.05, 3.63) is 0 Å². The number of nitrogens with zero attached hydrogens (tertiary/aromatic N) is 1. The Labute approximate surface area is 118 Å². The Morgan fingerprint density at radius 1 is 1.40 bits per heavy atom. The molecule has 8 nitrogen and oxygen atoms in total. The number of nitrogens with one attached hydrogen (secondary N) is 1. The highest BCUT2D eigenvalue weighted by molar-refractivity contribution is 5.75. The highest BCUT2D eigenvalue weighted by Crippen LogP contribution is 2.22. The number of ether oxygens (including phenoxy) is 2. The van der Waals surface area contributed by atoms with E-state index in [1.54, 1.807) is 0 Å². The van der Waals surface area contributed by atoms with E-state index in [4.69, 9.17) is 14.6 Å². The predicted molar refractivity (Wildman–Crippen MR) is 69.9 cm³/mol. The van der Waals surface area contributed by atoms with Gasteiger partial charge in [0.1, 0.15) is 18.3 Å². The molecule has 1 rings (SSSR count). The first-order valence-corrected chi connectivity index (χ1v) is 6.61. The van der Waals surface area contributed by atoms with Gasteiger partial charge in [-0.15, -0.1) is 0 Å². The molecule has 118 valence electrons. The van der Waals surface area contributed by atoms with E-state index < -0.39 is 31.2 Å². The van der Waals surface area contributed by atoms with E-state index in [9.17, 15) is 15.0 Å². The van der Waals surface area contributed by atoms with Crippen LogP contribution >= 0.6 is 0 Å². The molecule has 4 unspecified atom stereocenters. The topological polar surface area (TPSA) is 111 Å². The van der Waals surface area contributed by atoms with E-state index in [0.717, 1.165) is 6.54 Å². The summed E-state index contributed by atoms with van der Waals surface area (Å²) < 4.78 is 10.2. The average Bonchev–Trinajstić information content (AvgIpc) is 2.65. The molecule has 0 aromatic heterocycles. The van der Waals surface area contributed by atoms with Gasteiger partial charge in [-0.05, 0) is 14.1 Å². The van der Waals surface area contributed by atoms with Crippen molar-refractivity contribution in [1.82, 2.24) is 10.2 Å². The van der Waals surface area contributed by atoms with Gasteiger partial charge in [-0.3, -0.25) is 4.79 Å². The van der Waals surface area contributed by atoms with Gasteiger partial charge in [0.2, 0.25) is 5.91 Å². The second kappa shape index (κ2) is 8.50. The highest BCUT2D eigenvalue weighted by atomic mass is 16.7. The Morgan fingerprint density at radius 2 is 2.10 bits per heavy atom. The molecule has 1 aliphatic heterocycles. The zero-order valence-corrected chi connectivity index (χ0v) is 11.9. The van der Waals surface area contributed by atoms with Crippen LogP contribution in [-0.2, 0) is 14.3 Å². The maximum absolute atomic E-state index is 11.5. The quantitative estimate of drug-likeness (QED) is 0.391. The van der Waals surface area contributed by atoms with Crippen molar-refractivity contribution in [3.8, 4) is 0 Å². The molecule has 4 N–H and O–H groups in total. The lowest BCUT2D eigenvalue weighted by molar-refractivity contribution is -0.149. The van der Waals surface area contributed by atoms with Gasteiger partial charge in [-0.25, -0.2) is 0 Å². The summed E-state index contributed by atoms with van der Waals surface area (Å²) in [5, 5.41) is 30.8. The number of aliphatic hydroxyl groups is 3. The van der Waals surface area contributed by atoms with Crippen molar-refractivity contribution < 1.29 is 29.6 Å². The first-order valence-electron chi connectivity index (χ1n) is 6.61. The smallest absolute Gasteiger partial charge is 0.222 e. The second-order valence-corrected chi connectivity index (χ2v) is 4.98. The summed E-state index contributed by atoms with van der Waals surface area (Å²) in [6, 6.07) is 0. The minimum absolute atomic E-state index is 0.0636. The van der Waals surface area contributed by atoms with Crippen LogP contribution in [-0.4, -0.2) is 91.1 Å². The molecule has 4 atom stereocenters. The van der Waals surface area contributed by atoms with Crippen LogP contribution in [0.1, 0.15) is 6.42 Å². The third kappa shape index (κ3) is 5.31. The van der Waals surface area contributed by atoms with Crippen molar-refractivity contribution >= 4 is 5.91 Å². The minimum atomic E-state index is -1.29. The van der Waals surface area contributed by atoms with Crippen LogP contribution in [0.15, 0.2) is 0 Å².